The molecule has 5 heteroatoms. The molecular formula is C16H18N2O2S. The lowest BCUT2D eigenvalue weighted by Crippen LogP contribution is -2.36. The van der Waals surface area contributed by atoms with Gasteiger partial charge in [-0.15, -0.1) is 0 Å². The molecule has 1 unspecified atom stereocenters. The predicted molar refractivity (Wildman–Crippen MR) is 83.5 cm³/mol. The van der Waals surface area contributed by atoms with Gasteiger partial charge in [0.25, 0.3) is 0 Å². The van der Waals surface area contributed by atoms with E-state index in [1.54, 1.807) is 12.1 Å². The van der Waals surface area contributed by atoms with Crippen LogP contribution < -0.4 is 10.0 Å². The molecule has 2 aromatic rings. The number of hydrogen-bond acceptors (Lipinski definition) is 3. The van der Waals surface area contributed by atoms with E-state index in [0.29, 0.717) is 11.4 Å². The van der Waals surface area contributed by atoms with Crippen LogP contribution in [0.25, 0.3) is 11.1 Å². The van der Waals surface area contributed by atoms with E-state index in [2.05, 4.69) is 10.0 Å². The molecule has 0 spiro atoms. The predicted octanol–water partition coefficient (Wildman–Crippen LogP) is 1.99. The van der Waals surface area contributed by atoms with Crippen LogP contribution in [0.15, 0.2) is 59.5 Å². The van der Waals surface area contributed by atoms with Gasteiger partial charge >= 0.3 is 0 Å². The summed E-state index contributed by atoms with van der Waals surface area (Å²) in [5, 5.41) is 3.17. The van der Waals surface area contributed by atoms with Crippen molar-refractivity contribution in [2.75, 3.05) is 13.1 Å². The van der Waals surface area contributed by atoms with Gasteiger partial charge in [0, 0.05) is 18.2 Å². The van der Waals surface area contributed by atoms with Gasteiger partial charge in [0.1, 0.15) is 0 Å². The van der Waals surface area contributed by atoms with Gasteiger partial charge in [-0.2, -0.15) is 0 Å². The second kappa shape index (κ2) is 5.97. The van der Waals surface area contributed by atoms with E-state index in [4.69, 9.17) is 0 Å². The van der Waals surface area contributed by atoms with Crippen molar-refractivity contribution in [3.05, 3.63) is 54.6 Å². The van der Waals surface area contributed by atoms with Crippen LogP contribution >= 0.6 is 0 Å². The molecule has 0 amide bonds. The fourth-order valence-electron chi connectivity index (χ4n) is 2.60. The first-order valence-electron chi connectivity index (χ1n) is 7.04. The number of benzene rings is 2. The van der Waals surface area contributed by atoms with Crippen molar-refractivity contribution in [3.8, 4) is 11.1 Å². The lowest BCUT2D eigenvalue weighted by Gasteiger charge is -2.15. The summed E-state index contributed by atoms with van der Waals surface area (Å²) in [6.45, 7) is 1.54. The first-order valence-corrected chi connectivity index (χ1v) is 8.53. The lowest BCUT2D eigenvalue weighted by molar-refractivity contribution is 0.560. The van der Waals surface area contributed by atoms with Gasteiger partial charge in [0.05, 0.1) is 4.90 Å². The zero-order valence-electron chi connectivity index (χ0n) is 11.6. The summed E-state index contributed by atoms with van der Waals surface area (Å²) in [7, 11) is -3.51. The van der Waals surface area contributed by atoms with Crippen molar-refractivity contribution >= 4 is 10.0 Å². The highest BCUT2D eigenvalue weighted by Gasteiger charge is 2.24. The second-order valence-electron chi connectivity index (χ2n) is 5.17. The molecule has 3 rings (SSSR count). The van der Waals surface area contributed by atoms with E-state index in [1.807, 2.05) is 42.5 Å². The average Bonchev–Trinajstić information content (AvgIpc) is 3.00. The average molecular weight is 302 g/mol. The van der Waals surface area contributed by atoms with E-state index in [9.17, 15) is 8.42 Å². The molecule has 1 fully saturated rings. The van der Waals surface area contributed by atoms with Crippen LogP contribution in [0, 0.1) is 0 Å². The highest BCUT2D eigenvalue weighted by Crippen LogP contribution is 2.27. The molecule has 21 heavy (non-hydrogen) atoms. The van der Waals surface area contributed by atoms with Gasteiger partial charge < -0.3 is 5.32 Å². The highest BCUT2D eigenvalue weighted by molar-refractivity contribution is 7.89. The summed E-state index contributed by atoms with van der Waals surface area (Å²) in [6, 6.07) is 16.7. The SMILES string of the molecule is O=S(=O)(NC1CCNC1)c1ccccc1-c1ccccc1. The van der Waals surface area contributed by atoms with Crippen LogP contribution in [-0.2, 0) is 10.0 Å². The van der Waals surface area contributed by atoms with Gasteiger partial charge in [0.15, 0.2) is 0 Å². The third-order valence-corrected chi connectivity index (χ3v) is 5.22. The Morgan fingerprint density at radius 2 is 1.71 bits per heavy atom. The smallest absolute Gasteiger partial charge is 0.241 e. The first-order chi connectivity index (χ1) is 10.2. The zero-order valence-corrected chi connectivity index (χ0v) is 12.4. The fourth-order valence-corrected chi connectivity index (χ4v) is 4.10. The number of rotatable bonds is 4. The fraction of sp³-hybridized carbons (Fsp3) is 0.250. The molecule has 0 aliphatic carbocycles. The van der Waals surface area contributed by atoms with Crippen LogP contribution in [-0.4, -0.2) is 27.5 Å². The third kappa shape index (κ3) is 3.15. The molecule has 0 radical (unpaired) electrons. The Morgan fingerprint density at radius 3 is 2.43 bits per heavy atom. The normalized spacial score (nSPS) is 18.8. The Balaban J connectivity index is 1.98. The summed E-state index contributed by atoms with van der Waals surface area (Å²) >= 11 is 0. The molecule has 0 aromatic heterocycles. The summed E-state index contributed by atoms with van der Waals surface area (Å²) in [6.07, 6.45) is 0.826. The molecule has 1 atom stereocenters. The van der Waals surface area contributed by atoms with Gasteiger partial charge in [-0.3, -0.25) is 0 Å². The van der Waals surface area contributed by atoms with Crippen molar-refractivity contribution in [3.63, 3.8) is 0 Å². The molecule has 110 valence electrons. The van der Waals surface area contributed by atoms with Crippen molar-refractivity contribution in [1.82, 2.24) is 10.0 Å². The van der Waals surface area contributed by atoms with Gasteiger partial charge in [0.2, 0.25) is 10.0 Å². The minimum absolute atomic E-state index is 0.0289. The van der Waals surface area contributed by atoms with E-state index in [0.717, 1.165) is 24.1 Å². The molecule has 1 aliphatic heterocycles. The van der Waals surface area contributed by atoms with Gasteiger partial charge in [-0.05, 0) is 24.6 Å². The van der Waals surface area contributed by atoms with E-state index in [-0.39, 0.29) is 6.04 Å². The third-order valence-electron chi connectivity index (χ3n) is 3.64. The van der Waals surface area contributed by atoms with E-state index < -0.39 is 10.0 Å². The second-order valence-corrected chi connectivity index (χ2v) is 6.86. The van der Waals surface area contributed by atoms with E-state index >= 15 is 0 Å². The lowest BCUT2D eigenvalue weighted by atomic mass is 10.1. The Kier molecular flexibility index (Phi) is 4.05. The number of sulfonamides is 1. The summed E-state index contributed by atoms with van der Waals surface area (Å²) in [5.41, 5.74) is 1.64. The molecule has 2 aromatic carbocycles. The molecule has 0 saturated carbocycles. The molecule has 1 saturated heterocycles. The topological polar surface area (TPSA) is 58.2 Å². The largest absolute Gasteiger partial charge is 0.315 e. The maximum Gasteiger partial charge on any atom is 0.241 e. The summed E-state index contributed by atoms with van der Waals surface area (Å²) < 4.78 is 28.1. The Morgan fingerprint density at radius 1 is 1.00 bits per heavy atom. The maximum absolute atomic E-state index is 12.6. The molecule has 1 heterocycles. The summed E-state index contributed by atoms with van der Waals surface area (Å²) in [5.74, 6) is 0. The van der Waals surface area contributed by atoms with Crippen LogP contribution in [0.1, 0.15) is 6.42 Å². The van der Waals surface area contributed by atoms with Crippen molar-refractivity contribution in [2.45, 2.75) is 17.4 Å². The maximum atomic E-state index is 12.6. The standard InChI is InChI=1S/C16H18N2O2S/c19-21(20,18-14-10-11-17-12-14)16-9-5-4-8-15(16)13-6-2-1-3-7-13/h1-9,14,17-18H,10-12H2. The highest BCUT2D eigenvalue weighted by atomic mass is 32.2. The van der Waals surface area contributed by atoms with Crippen molar-refractivity contribution < 1.29 is 8.42 Å². The van der Waals surface area contributed by atoms with Crippen molar-refractivity contribution in [1.29, 1.82) is 0 Å². The van der Waals surface area contributed by atoms with Crippen LogP contribution in [0.2, 0.25) is 0 Å². The Hall–Kier alpha value is -1.69. The van der Waals surface area contributed by atoms with Crippen molar-refractivity contribution in [2.24, 2.45) is 0 Å². The van der Waals surface area contributed by atoms with Crippen LogP contribution in [0.4, 0.5) is 0 Å². The molecule has 0 bridgehead atoms. The number of hydrogen-bond donors (Lipinski definition) is 2. The van der Waals surface area contributed by atoms with Gasteiger partial charge in [-0.1, -0.05) is 48.5 Å². The Labute approximate surface area is 125 Å². The Bertz CT molecular complexity index is 708. The monoisotopic (exact) mass is 302 g/mol. The quantitative estimate of drug-likeness (QED) is 0.908. The minimum Gasteiger partial charge on any atom is -0.315 e. The molecule has 1 aliphatic rings. The molecule has 2 N–H and O–H groups in total. The zero-order chi connectivity index (χ0) is 14.7. The first kappa shape index (κ1) is 14.3. The molecular weight excluding hydrogens is 284 g/mol. The van der Waals surface area contributed by atoms with Crippen LogP contribution in [0.3, 0.4) is 0 Å². The van der Waals surface area contributed by atoms with E-state index in [1.165, 1.54) is 0 Å². The number of nitrogens with one attached hydrogen (secondary N) is 2. The minimum atomic E-state index is -3.51. The van der Waals surface area contributed by atoms with Gasteiger partial charge in [-0.25, -0.2) is 13.1 Å². The van der Waals surface area contributed by atoms with Crippen LogP contribution in [0.5, 0.6) is 0 Å². The molecule has 4 nitrogen and oxygen atoms in total. The summed E-state index contributed by atoms with van der Waals surface area (Å²) in [4.78, 5) is 0.336.